The van der Waals surface area contributed by atoms with Crippen molar-refractivity contribution in [3.63, 3.8) is 0 Å². The molecule has 0 amide bonds. The highest BCUT2D eigenvalue weighted by atomic mass is 16.5. The molecule has 0 atom stereocenters. The number of methoxy groups -OCH3 is 1. The minimum atomic E-state index is -0.409. The Bertz CT molecular complexity index is 967. The van der Waals surface area contributed by atoms with Crippen LogP contribution in [-0.4, -0.2) is 7.11 Å². The standard InChI is InChI=1S/C17H14O6/c1-10-5-17(19)23-15-7-11(3-4-13(10)15)21-8-12-6-14(18)16(20-2)9-22-12/h3-7,9H,8H2,1-2H3. The van der Waals surface area contributed by atoms with Crippen LogP contribution in [0.3, 0.4) is 0 Å². The van der Waals surface area contributed by atoms with Gasteiger partial charge in [0.25, 0.3) is 0 Å². The predicted molar refractivity (Wildman–Crippen MR) is 83.1 cm³/mol. The van der Waals surface area contributed by atoms with Crippen LogP contribution in [0.5, 0.6) is 11.5 Å². The molecule has 0 saturated carbocycles. The average Bonchev–Trinajstić information content (AvgIpc) is 2.52. The van der Waals surface area contributed by atoms with Gasteiger partial charge in [-0.3, -0.25) is 4.79 Å². The Hall–Kier alpha value is -3.02. The Morgan fingerprint density at radius 1 is 1.13 bits per heavy atom. The predicted octanol–water partition coefficient (Wildman–Crippen LogP) is 2.64. The molecule has 118 valence electrons. The number of benzene rings is 1. The maximum atomic E-state index is 11.6. The lowest BCUT2D eigenvalue weighted by Crippen LogP contribution is -2.06. The molecule has 2 aromatic heterocycles. The number of rotatable bonds is 4. The maximum absolute atomic E-state index is 11.6. The second kappa shape index (κ2) is 6.00. The van der Waals surface area contributed by atoms with E-state index in [9.17, 15) is 9.59 Å². The van der Waals surface area contributed by atoms with Crippen LogP contribution in [0.1, 0.15) is 11.3 Å². The van der Waals surface area contributed by atoms with Crippen LogP contribution in [-0.2, 0) is 6.61 Å². The van der Waals surface area contributed by atoms with Crippen molar-refractivity contribution in [2.45, 2.75) is 13.5 Å². The lowest BCUT2D eigenvalue weighted by Gasteiger charge is -2.07. The minimum absolute atomic E-state index is 0.0702. The lowest BCUT2D eigenvalue weighted by molar-refractivity contribution is 0.262. The van der Waals surface area contributed by atoms with Gasteiger partial charge in [0, 0.05) is 23.6 Å². The number of hydrogen-bond donors (Lipinski definition) is 0. The molecule has 6 heteroatoms. The molecule has 0 aliphatic heterocycles. The molecule has 0 radical (unpaired) electrons. The van der Waals surface area contributed by atoms with E-state index >= 15 is 0 Å². The Morgan fingerprint density at radius 2 is 1.96 bits per heavy atom. The normalized spacial score (nSPS) is 10.7. The molecule has 1 aromatic carbocycles. The highest BCUT2D eigenvalue weighted by Gasteiger charge is 2.07. The molecule has 3 rings (SSSR count). The van der Waals surface area contributed by atoms with Gasteiger partial charge in [-0.1, -0.05) is 0 Å². The first-order chi connectivity index (χ1) is 11.1. The van der Waals surface area contributed by atoms with Crippen molar-refractivity contribution in [1.29, 1.82) is 0 Å². The molecular formula is C17H14O6. The van der Waals surface area contributed by atoms with Crippen LogP contribution in [0.25, 0.3) is 11.0 Å². The quantitative estimate of drug-likeness (QED) is 0.689. The first-order valence-corrected chi connectivity index (χ1v) is 6.90. The molecule has 2 heterocycles. The van der Waals surface area contributed by atoms with Gasteiger partial charge in [0.1, 0.15) is 30.0 Å². The summed E-state index contributed by atoms with van der Waals surface area (Å²) in [7, 11) is 1.40. The summed E-state index contributed by atoms with van der Waals surface area (Å²) in [6.45, 7) is 1.91. The third kappa shape index (κ3) is 3.11. The Labute approximate surface area is 130 Å². The first-order valence-electron chi connectivity index (χ1n) is 6.90. The molecule has 3 aromatic rings. The number of aryl methyl sites for hydroxylation is 1. The lowest BCUT2D eigenvalue weighted by atomic mass is 10.1. The van der Waals surface area contributed by atoms with Crippen LogP contribution < -0.4 is 20.5 Å². The monoisotopic (exact) mass is 314 g/mol. The van der Waals surface area contributed by atoms with E-state index in [4.69, 9.17) is 18.3 Å². The molecule has 0 spiro atoms. The number of hydrogen-bond acceptors (Lipinski definition) is 6. The van der Waals surface area contributed by atoms with Gasteiger partial charge in [-0.25, -0.2) is 4.79 Å². The highest BCUT2D eigenvalue weighted by Crippen LogP contribution is 2.22. The Balaban J connectivity index is 1.83. The molecule has 0 bridgehead atoms. The van der Waals surface area contributed by atoms with E-state index in [2.05, 4.69) is 0 Å². The second-order valence-corrected chi connectivity index (χ2v) is 4.97. The molecule has 0 fully saturated rings. The fourth-order valence-corrected chi connectivity index (χ4v) is 2.21. The van der Waals surface area contributed by atoms with E-state index in [1.807, 2.05) is 13.0 Å². The summed E-state index contributed by atoms with van der Waals surface area (Å²) < 4.78 is 20.8. The molecule has 6 nitrogen and oxygen atoms in total. The molecular weight excluding hydrogens is 300 g/mol. The zero-order chi connectivity index (χ0) is 16.4. The van der Waals surface area contributed by atoms with Gasteiger partial charge in [-0.05, 0) is 24.6 Å². The largest absolute Gasteiger partial charge is 0.490 e. The van der Waals surface area contributed by atoms with Crippen LogP contribution in [0.4, 0.5) is 0 Å². The van der Waals surface area contributed by atoms with Crippen molar-refractivity contribution in [2.24, 2.45) is 0 Å². The summed E-state index contributed by atoms with van der Waals surface area (Å²) in [6, 6.07) is 7.95. The fraction of sp³-hybridized carbons (Fsp3) is 0.176. The van der Waals surface area contributed by atoms with E-state index in [1.54, 1.807) is 12.1 Å². The summed E-state index contributed by atoms with van der Waals surface area (Å²) >= 11 is 0. The van der Waals surface area contributed by atoms with Crippen molar-refractivity contribution in [3.8, 4) is 11.5 Å². The molecule has 0 aliphatic rings. The van der Waals surface area contributed by atoms with Crippen LogP contribution in [0.2, 0.25) is 0 Å². The smallest absolute Gasteiger partial charge is 0.336 e. The number of ether oxygens (including phenoxy) is 2. The van der Waals surface area contributed by atoms with Gasteiger partial charge in [-0.2, -0.15) is 0 Å². The highest BCUT2D eigenvalue weighted by molar-refractivity contribution is 5.81. The van der Waals surface area contributed by atoms with Gasteiger partial charge < -0.3 is 18.3 Å². The third-order valence-electron chi connectivity index (χ3n) is 3.38. The molecule has 0 aliphatic carbocycles. The summed E-state index contributed by atoms with van der Waals surface area (Å²) in [5.41, 5.74) is 0.596. The third-order valence-corrected chi connectivity index (χ3v) is 3.38. The van der Waals surface area contributed by atoms with Gasteiger partial charge >= 0.3 is 5.63 Å². The summed E-state index contributed by atoms with van der Waals surface area (Å²) in [5.74, 6) is 1.00. The second-order valence-electron chi connectivity index (χ2n) is 4.97. The summed E-state index contributed by atoms with van der Waals surface area (Å²) in [5, 5.41) is 0.841. The van der Waals surface area contributed by atoms with Crippen molar-refractivity contribution in [2.75, 3.05) is 7.11 Å². The van der Waals surface area contributed by atoms with Gasteiger partial charge in [-0.15, -0.1) is 0 Å². The maximum Gasteiger partial charge on any atom is 0.336 e. The Kier molecular flexibility index (Phi) is 3.89. The summed E-state index contributed by atoms with van der Waals surface area (Å²) in [6.07, 6.45) is 1.24. The Morgan fingerprint density at radius 3 is 2.70 bits per heavy atom. The van der Waals surface area contributed by atoms with E-state index in [1.165, 1.54) is 25.5 Å². The van der Waals surface area contributed by atoms with Gasteiger partial charge in [0.2, 0.25) is 11.2 Å². The minimum Gasteiger partial charge on any atom is -0.490 e. The van der Waals surface area contributed by atoms with Crippen molar-refractivity contribution >= 4 is 11.0 Å². The van der Waals surface area contributed by atoms with Crippen LogP contribution >= 0.6 is 0 Å². The molecule has 23 heavy (non-hydrogen) atoms. The number of fused-ring (bicyclic) bond motifs is 1. The van der Waals surface area contributed by atoms with E-state index < -0.39 is 5.63 Å². The zero-order valence-electron chi connectivity index (χ0n) is 12.6. The fourth-order valence-electron chi connectivity index (χ4n) is 2.21. The van der Waals surface area contributed by atoms with E-state index in [0.29, 0.717) is 17.1 Å². The van der Waals surface area contributed by atoms with E-state index in [0.717, 1.165) is 10.9 Å². The molecule has 0 saturated heterocycles. The van der Waals surface area contributed by atoms with Crippen LogP contribution in [0, 0.1) is 6.92 Å². The van der Waals surface area contributed by atoms with Crippen molar-refractivity contribution in [3.05, 3.63) is 68.6 Å². The van der Waals surface area contributed by atoms with Gasteiger partial charge in [0.15, 0.2) is 0 Å². The van der Waals surface area contributed by atoms with Crippen molar-refractivity contribution in [1.82, 2.24) is 0 Å². The SMILES string of the molecule is COc1coc(COc2ccc3c(C)cc(=O)oc3c2)cc1=O. The zero-order valence-corrected chi connectivity index (χ0v) is 12.6. The summed E-state index contributed by atoms with van der Waals surface area (Å²) in [4.78, 5) is 23.1. The molecule has 0 N–H and O–H groups in total. The molecule has 0 unspecified atom stereocenters. The van der Waals surface area contributed by atoms with E-state index in [-0.39, 0.29) is 17.8 Å². The van der Waals surface area contributed by atoms with Crippen LogP contribution in [0.15, 0.2) is 55.0 Å². The average molecular weight is 314 g/mol. The van der Waals surface area contributed by atoms with Crippen molar-refractivity contribution < 1.29 is 18.3 Å². The first kappa shape index (κ1) is 14.9. The topological polar surface area (TPSA) is 78.9 Å². The van der Waals surface area contributed by atoms with Gasteiger partial charge in [0.05, 0.1) is 7.11 Å².